The summed E-state index contributed by atoms with van der Waals surface area (Å²) < 4.78 is 0. The monoisotopic (exact) mass is 262 g/mol. The maximum Gasteiger partial charge on any atom is 0.240 e. The van der Waals surface area contributed by atoms with Gasteiger partial charge >= 0.3 is 0 Å². The zero-order valence-electron chi connectivity index (χ0n) is 10.2. The lowest BCUT2D eigenvalue weighted by molar-refractivity contribution is -0.128. The van der Waals surface area contributed by atoms with Gasteiger partial charge in [-0.3, -0.25) is 9.89 Å². The Hall–Kier alpha value is -1.82. The average molecular weight is 262 g/mol. The van der Waals surface area contributed by atoms with Crippen molar-refractivity contribution in [1.82, 2.24) is 20.1 Å². The molecule has 0 saturated heterocycles. The molecule has 1 aromatic carbocycles. The van der Waals surface area contributed by atoms with Crippen molar-refractivity contribution in [3.05, 3.63) is 42.2 Å². The van der Waals surface area contributed by atoms with Crippen LogP contribution < -0.4 is 0 Å². The maximum absolute atomic E-state index is 12.2. The molecule has 1 unspecified atom stereocenters. The number of rotatable bonds is 4. The summed E-state index contributed by atoms with van der Waals surface area (Å²) in [7, 11) is 3.50. The normalized spacial score (nSPS) is 12.1. The number of thioether (sulfide) groups is 1. The second kappa shape index (κ2) is 5.68. The summed E-state index contributed by atoms with van der Waals surface area (Å²) in [5.74, 6) is 0.0302. The number of carbonyl (C=O) groups is 1. The van der Waals surface area contributed by atoms with Gasteiger partial charge in [0, 0.05) is 14.1 Å². The quantitative estimate of drug-likeness (QED) is 0.852. The van der Waals surface area contributed by atoms with E-state index in [0.29, 0.717) is 5.16 Å². The van der Waals surface area contributed by atoms with Gasteiger partial charge in [-0.25, -0.2) is 4.98 Å². The van der Waals surface area contributed by atoms with Crippen LogP contribution in [-0.2, 0) is 4.79 Å². The molecule has 1 N–H and O–H groups in total. The Balaban J connectivity index is 2.26. The SMILES string of the molecule is CN(C)C(=O)C(Sc1ncn[nH]1)c1ccccc1. The molecule has 94 valence electrons. The number of hydrogen-bond acceptors (Lipinski definition) is 4. The van der Waals surface area contributed by atoms with Crippen LogP contribution in [0.15, 0.2) is 41.8 Å². The predicted molar refractivity (Wildman–Crippen MR) is 70.1 cm³/mol. The standard InChI is InChI=1S/C12H14N4OS/c1-16(2)11(17)10(9-6-4-3-5-7-9)18-12-13-8-14-15-12/h3-8,10H,1-2H3,(H,13,14,15). The van der Waals surface area contributed by atoms with E-state index in [-0.39, 0.29) is 11.2 Å². The highest BCUT2D eigenvalue weighted by atomic mass is 32.2. The van der Waals surface area contributed by atoms with Crippen molar-refractivity contribution in [3.8, 4) is 0 Å². The van der Waals surface area contributed by atoms with Gasteiger partial charge in [0.2, 0.25) is 5.91 Å². The lowest BCUT2D eigenvalue weighted by Gasteiger charge is -2.19. The Morgan fingerprint density at radius 2 is 2.06 bits per heavy atom. The number of amides is 1. The smallest absolute Gasteiger partial charge is 0.240 e. The lowest BCUT2D eigenvalue weighted by atomic mass is 10.1. The fraction of sp³-hybridized carbons (Fsp3) is 0.250. The van der Waals surface area contributed by atoms with Crippen LogP contribution in [-0.4, -0.2) is 40.1 Å². The molecule has 2 aromatic rings. The van der Waals surface area contributed by atoms with E-state index in [4.69, 9.17) is 0 Å². The van der Waals surface area contributed by atoms with Crippen LogP contribution >= 0.6 is 11.8 Å². The van der Waals surface area contributed by atoms with Crippen LogP contribution in [0.5, 0.6) is 0 Å². The first kappa shape index (κ1) is 12.6. The first-order valence-corrected chi connectivity index (χ1v) is 6.34. The maximum atomic E-state index is 12.2. The van der Waals surface area contributed by atoms with E-state index in [0.717, 1.165) is 5.56 Å². The Kier molecular flexibility index (Phi) is 3.99. The van der Waals surface area contributed by atoms with E-state index < -0.39 is 0 Å². The summed E-state index contributed by atoms with van der Waals surface area (Å²) in [5.41, 5.74) is 0.956. The van der Waals surface area contributed by atoms with Crippen molar-refractivity contribution in [2.75, 3.05) is 14.1 Å². The van der Waals surface area contributed by atoms with E-state index in [1.54, 1.807) is 19.0 Å². The van der Waals surface area contributed by atoms with E-state index in [9.17, 15) is 4.79 Å². The van der Waals surface area contributed by atoms with Gasteiger partial charge in [0.25, 0.3) is 0 Å². The number of aromatic nitrogens is 3. The summed E-state index contributed by atoms with van der Waals surface area (Å²) in [6.45, 7) is 0. The minimum Gasteiger partial charge on any atom is -0.348 e. The van der Waals surface area contributed by atoms with E-state index in [1.165, 1.54) is 18.1 Å². The Morgan fingerprint density at radius 3 is 2.61 bits per heavy atom. The van der Waals surface area contributed by atoms with Crippen LogP contribution in [0, 0.1) is 0 Å². The van der Waals surface area contributed by atoms with Gasteiger partial charge in [-0.2, -0.15) is 5.10 Å². The molecule has 0 radical (unpaired) electrons. The molecule has 0 spiro atoms. The number of carbonyl (C=O) groups excluding carboxylic acids is 1. The van der Waals surface area contributed by atoms with Crippen molar-refractivity contribution in [2.45, 2.75) is 10.4 Å². The minimum atomic E-state index is -0.311. The second-order valence-corrected chi connectivity index (χ2v) is 5.03. The molecule has 1 atom stereocenters. The fourth-order valence-corrected chi connectivity index (χ4v) is 2.53. The van der Waals surface area contributed by atoms with Crippen LogP contribution in [0.1, 0.15) is 10.8 Å². The molecule has 18 heavy (non-hydrogen) atoms. The number of nitrogens with zero attached hydrogens (tertiary/aromatic N) is 3. The summed E-state index contributed by atoms with van der Waals surface area (Å²) in [6, 6.07) is 9.66. The molecule has 6 heteroatoms. The van der Waals surface area contributed by atoms with Gasteiger partial charge in [-0.15, -0.1) is 0 Å². The van der Waals surface area contributed by atoms with Gasteiger partial charge < -0.3 is 4.90 Å². The molecule has 2 rings (SSSR count). The summed E-state index contributed by atoms with van der Waals surface area (Å²) in [6.07, 6.45) is 1.44. The summed E-state index contributed by atoms with van der Waals surface area (Å²) >= 11 is 1.36. The molecule has 0 fully saturated rings. The molecule has 5 nitrogen and oxygen atoms in total. The van der Waals surface area contributed by atoms with Crippen molar-refractivity contribution >= 4 is 17.7 Å². The Bertz CT molecular complexity index is 498. The Labute approximate surface area is 110 Å². The molecule has 1 aromatic heterocycles. The van der Waals surface area contributed by atoms with Crippen LogP contribution in [0.4, 0.5) is 0 Å². The van der Waals surface area contributed by atoms with Crippen molar-refractivity contribution in [2.24, 2.45) is 0 Å². The number of aromatic amines is 1. The lowest BCUT2D eigenvalue weighted by Crippen LogP contribution is -2.26. The van der Waals surface area contributed by atoms with Crippen LogP contribution in [0.3, 0.4) is 0 Å². The zero-order valence-corrected chi connectivity index (χ0v) is 11.0. The van der Waals surface area contributed by atoms with Gasteiger partial charge in [-0.1, -0.05) is 42.1 Å². The molecule has 0 saturated carbocycles. The van der Waals surface area contributed by atoms with Crippen molar-refractivity contribution in [1.29, 1.82) is 0 Å². The predicted octanol–water partition coefficient (Wildman–Crippen LogP) is 1.73. The fourth-order valence-electron chi connectivity index (χ4n) is 1.49. The highest BCUT2D eigenvalue weighted by Gasteiger charge is 2.24. The topological polar surface area (TPSA) is 61.9 Å². The first-order valence-electron chi connectivity index (χ1n) is 5.46. The third-order valence-corrected chi connectivity index (χ3v) is 3.52. The summed E-state index contributed by atoms with van der Waals surface area (Å²) in [5, 5.41) is 6.88. The molecule has 0 aliphatic carbocycles. The van der Waals surface area contributed by atoms with Crippen LogP contribution in [0.25, 0.3) is 0 Å². The average Bonchev–Trinajstić information content (AvgIpc) is 2.89. The highest BCUT2D eigenvalue weighted by Crippen LogP contribution is 2.34. The molecule has 0 aliphatic rings. The molecule has 1 amide bonds. The minimum absolute atomic E-state index is 0.0302. The second-order valence-electron chi connectivity index (χ2n) is 3.93. The summed E-state index contributed by atoms with van der Waals surface area (Å²) in [4.78, 5) is 17.8. The number of benzene rings is 1. The van der Waals surface area contributed by atoms with Gasteiger partial charge in [0.05, 0.1) is 0 Å². The highest BCUT2D eigenvalue weighted by molar-refractivity contribution is 8.00. The van der Waals surface area contributed by atoms with E-state index in [1.807, 2.05) is 30.3 Å². The van der Waals surface area contributed by atoms with E-state index >= 15 is 0 Å². The van der Waals surface area contributed by atoms with Crippen molar-refractivity contribution in [3.63, 3.8) is 0 Å². The van der Waals surface area contributed by atoms with Gasteiger partial charge in [0.1, 0.15) is 11.6 Å². The number of likely N-dealkylation sites (N-methyl/N-ethyl adjacent to an activating group) is 1. The third-order valence-electron chi connectivity index (χ3n) is 2.39. The number of nitrogens with one attached hydrogen (secondary N) is 1. The molecule has 0 bridgehead atoms. The number of H-pyrrole nitrogens is 1. The van der Waals surface area contributed by atoms with Gasteiger partial charge in [-0.05, 0) is 5.56 Å². The number of hydrogen-bond donors (Lipinski definition) is 1. The molecule has 1 heterocycles. The largest absolute Gasteiger partial charge is 0.348 e. The third kappa shape index (κ3) is 2.89. The zero-order chi connectivity index (χ0) is 13.0. The van der Waals surface area contributed by atoms with Crippen molar-refractivity contribution < 1.29 is 4.79 Å². The molecular weight excluding hydrogens is 248 g/mol. The van der Waals surface area contributed by atoms with E-state index in [2.05, 4.69) is 15.2 Å². The first-order chi connectivity index (χ1) is 8.68. The Morgan fingerprint density at radius 1 is 1.33 bits per heavy atom. The van der Waals surface area contributed by atoms with Crippen LogP contribution in [0.2, 0.25) is 0 Å². The molecule has 0 aliphatic heterocycles. The van der Waals surface area contributed by atoms with Gasteiger partial charge in [0.15, 0.2) is 5.16 Å². The molecular formula is C12H14N4OS.